The van der Waals surface area contributed by atoms with E-state index in [9.17, 15) is 4.79 Å². The van der Waals surface area contributed by atoms with Gasteiger partial charge in [0.15, 0.2) is 11.4 Å². The average molecular weight is 269 g/mol. The van der Waals surface area contributed by atoms with Crippen molar-refractivity contribution in [2.45, 2.75) is 26.2 Å². The van der Waals surface area contributed by atoms with Gasteiger partial charge in [0.25, 0.3) is 0 Å². The monoisotopic (exact) mass is 269 g/mol. The summed E-state index contributed by atoms with van der Waals surface area (Å²) in [5, 5.41) is 0.958. The molecule has 0 aliphatic carbocycles. The molecule has 0 radical (unpaired) electrons. The van der Waals surface area contributed by atoms with Gasteiger partial charge in [-0.05, 0) is 33.5 Å². The predicted molar refractivity (Wildman–Crippen MR) is 77.9 cm³/mol. The van der Waals surface area contributed by atoms with Crippen LogP contribution >= 0.6 is 11.3 Å². The third-order valence-corrected chi connectivity index (χ3v) is 3.87. The highest BCUT2D eigenvalue weighted by Crippen LogP contribution is 2.25. The number of aldehydes is 1. The first-order valence-corrected chi connectivity index (χ1v) is 7.20. The lowest BCUT2D eigenvalue weighted by molar-refractivity contribution is 0.112. The van der Waals surface area contributed by atoms with E-state index in [0.717, 1.165) is 54.3 Å². The second kappa shape index (κ2) is 7.48. The largest absolute Gasteiger partial charge is 0.351 e. The van der Waals surface area contributed by atoms with Crippen LogP contribution in [-0.4, -0.2) is 50.4 Å². The minimum Gasteiger partial charge on any atom is -0.351 e. The number of carbonyl (C=O) groups is 1. The predicted octanol–water partition coefficient (Wildman–Crippen LogP) is 2.30. The summed E-state index contributed by atoms with van der Waals surface area (Å²) >= 11 is 1.50. The summed E-state index contributed by atoms with van der Waals surface area (Å²) in [7, 11) is 6.19. The van der Waals surface area contributed by atoms with E-state index in [4.69, 9.17) is 0 Å². The van der Waals surface area contributed by atoms with Crippen LogP contribution in [0.15, 0.2) is 0 Å². The lowest BCUT2D eigenvalue weighted by Crippen LogP contribution is -2.23. The van der Waals surface area contributed by atoms with Gasteiger partial charge in [-0.25, -0.2) is 4.98 Å². The molecule has 0 atom stereocenters. The lowest BCUT2D eigenvalue weighted by Gasteiger charge is -2.17. The SMILES string of the molecule is CCCc1nc(N(C)CCCN(C)C)sc1C=O. The molecule has 1 heterocycles. The van der Waals surface area contributed by atoms with Gasteiger partial charge in [0.2, 0.25) is 0 Å². The summed E-state index contributed by atoms with van der Waals surface area (Å²) in [6, 6.07) is 0. The Morgan fingerprint density at radius 3 is 2.56 bits per heavy atom. The minimum absolute atomic E-state index is 0.784. The Balaban J connectivity index is 2.61. The summed E-state index contributed by atoms with van der Waals surface area (Å²) in [6.07, 6.45) is 3.94. The van der Waals surface area contributed by atoms with Crippen LogP contribution in [0.4, 0.5) is 5.13 Å². The maximum absolute atomic E-state index is 11.0. The van der Waals surface area contributed by atoms with Gasteiger partial charge in [0.05, 0.1) is 10.6 Å². The van der Waals surface area contributed by atoms with Gasteiger partial charge >= 0.3 is 0 Å². The van der Waals surface area contributed by atoms with Crippen LogP contribution in [0, 0.1) is 0 Å². The fourth-order valence-corrected chi connectivity index (χ4v) is 2.65. The Hall–Kier alpha value is -0.940. The number of hydrogen-bond donors (Lipinski definition) is 0. The van der Waals surface area contributed by atoms with E-state index in [1.54, 1.807) is 0 Å². The van der Waals surface area contributed by atoms with Crippen molar-refractivity contribution in [3.63, 3.8) is 0 Å². The van der Waals surface area contributed by atoms with Crippen LogP contribution in [-0.2, 0) is 6.42 Å². The van der Waals surface area contributed by atoms with Crippen molar-refractivity contribution in [3.05, 3.63) is 10.6 Å². The molecule has 0 N–H and O–H groups in total. The van der Waals surface area contributed by atoms with Crippen molar-refractivity contribution >= 4 is 22.8 Å². The Morgan fingerprint density at radius 1 is 1.28 bits per heavy atom. The Kier molecular flexibility index (Phi) is 6.29. The number of nitrogens with zero attached hydrogens (tertiary/aromatic N) is 3. The summed E-state index contributed by atoms with van der Waals surface area (Å²) in [4.78, 5) is 20.7. The second-order valence-electron chi connectivity index (χ2n) is 4.75. The third kappa shape index (κ3) is 4.38. The number of thiazole rings is 1. The van der Waals surface area contributed by atoms with Crippen molar-refractivity contribution in [2.24, 2.45) is 0 Å². The molecule has 0 amide bonds. The summed E-state index contributed by atoms with van der Waals surface area (Å²) in [6.45, 7) is 4.14. The molecule has 0 fully saturated rings. The maximum Gasteiger partial charge on any atom is 0.185 e. The van der Waals surface area contributed by atoms with E-state index >= 15 is 0 Å². The van der Waals surface area contributed by atoms with Gasteiger partial charge in [-0.3, -0.25) is 4.79 Å². The van der Waals surface area contributed by atoms with Gasteiger partial charge in [0.1, 0.15) is 0 Å². The van der Waals surface area contributed by atoms with E-state index < -0.39 is 0 Å². The van der Waals surface area contributed by atoms with Crippen LogP contribution in [0.5, 0.6) is 0 Å². The van der Waals surface area contributed by atoms with Crippen LogP contribution in [0.2, 0.25) is 0 Å². The highest BCUT2D eigenvalue weighted by atomic mass is 32.1. The number of aromatic nitrogens is 1. The van der Waals surface area contributed by atoms with Crippen molar-refractivity contribution < 1.29 is 4.79 Å². The van der Waals surface area contributed by atoms with Gasteiger partial charge in [-0.1, -0.05) is 24.7 Å². The second-order valence-corrected chi connectivity index (χ2v) is 5.76. The molecule has 0 bridgehead atoms. The third-order valence-electron chi connectivity index (χ3n) is 2.74. The summed E-state index contributed by atoms with van der Waals surface area (Å²) in [5.74, 6) is 0. The topological polar surface area (TPSA) is 36.4 Å². The van der Waals surface area contributed by atoms with E-state index in [1.165, 1.54) is 11.3 Å². The first kappa shape index (κ1) is 15.1. The van der Waals surface area contributed by atoms with Crippen molar-refractivity contribution in [1.82, 2.24) is 9.88 Å². The zero-order valence-electron chi connectivity index (χ0n) is 11.8. The van der Waals surface area contributed by atoms with E-state index in [0.29, 0.717) is 0 Å². The van der Waals surface area contributed by atoms with Gasteiger partial charge in [-0.15, -0.1) is 0 Å². The Morgan fingerprint density at radius 2 is 2.00 bits per heavy atom. The molecule has 0 aliphatic heterocycles. The smallest absolute Gasteiger partial charge is 0.185 e. The number of rotatable bonds is 8. The molecule has 1 rings (SSSR count). The zero-order valence-corrected chi connectivity index (χ0v) is 12.6. The molecule has 0 unspecified atom stereocenters. The van der Waals surface area contributed by atoms with E-state index in [2.05, 4.69) is 35.8 Å². The average Bonchev–Trinajstić information content (AvgIpc) is 2.72. The fourth-order valence-electron chi connectivity index (χ4n) is 1.74. The molecule has 0 aromatic carbocycles. The lowest BCUT2D eigenvalue weighted by atomic mass is 10.2. The Bertz CT molecular complexity index is 376. The summed E-state index contributed by atoms with van der Waals surface area (Å²) < 4.78 is 0. The molecule has 18 heavy (non-hydrogen) atoms. The summed E-state index contributed by atoms with van der Waals surface area (Å²) in [5.41, 5.74) is 0.951. The standard InChI is InChI=1S/C13H23N3OS/c1-5-7-11-12(10-17)18-13(14-11)16(4)9-6-8-15(2)3/h10H,5-9H2,1-4H3. The van der Waals surface area contributed by atoms with E-state index in [-0.39, 0.29) is 0 Å². The van der Waals surface area contributed by atoms with Crippen LogP contribution in [0.25, 0.3) is 0 Å². The first-order chi connectivity index (χ1) is 8.58. The van der Waals surface area contributed by atoms with Crippen molar-refractivity contribution in [2.75, 3.05) is 39.1 Å². The quantitative estimate of drug-likeness (QED) is 0.679. The molecular formula is C13H23N3OS. The molecule has 1 aromatic rings. The fraction of sp³-hybridized carbons (Fsp3) is 0.692. The van der Waals surface area contributed by atoms with E-state index in [1.807, 2.05) is 7.05 Å². The van der Waals surface area contributed by atoms with Crippen LogP contribution < -0.4 is 4.90 Å². The van der Waals surface area contributed by atoms with Crippen molar-refractivity contribution in [3.8, 4) is 0 Å². The number of carbonyl (C=O) groups excluding carboxylic acids is 1. The molecule has 0 aliphatic rings. The number of anilines is 1. The van der Waals surface area contributed by atoms with Crippen LogP contribution in [0.1, 0.15) is 35.1 Å². The van der Waals surface area contributed by atoms with Crippen LogP contribution in [0.3, 0.4) is 0 Å². The number of hydrogen-bond acceptors (Lipinski definition) is 5. The molecule has 5 heteroatoms. The molecule has 0 saturated heterocycles. The molecule has 4 nitrogen and oxygen atoms in total. The molecule has 102 valence electrons. The van der Waals surface area contributed by atoms with Gasteiger partial charge in [-0.2, -0.15) is 0 Å². The highest BCUT2D eigenvalue weighted by molar-refractivity contribution is 7.17. The van der Waals surface area contributed by atoms with Crippen molar-refractivity contribution in [1.29, 1.82) is 0 Å². The normalized spacial score (nSPS) is 10.9. The molecule has 0 spiro atoms. The van der Waals surface area contributed by atoms with Gasteiger partial charge < -0.3 is 9.80 Å². The molecule has 1 aromatic heterocycles. The maximum atomic E-state index is 11.0. The zero-order chi connectivity index (χ0) is 13.5. The first-order valence-electron chi connectivity index (χ1n) is 6.39. The minimum atomic E-state index is 0.784. The Labute approximate surface area is 114 Å². The molecule has 0 saturated carbocycles. The number of aryl methyl sites for hydroxylation is 1. The molecular weight excluding hydrogens is 246 g/mol. The highest BCUT2D eigenvalue weighted by Gasteiger charge is 2.12. The van der Waals surface area contributed by atoms with Gasteiger partial charge in [0, 0.05) is 13.6 Å².